The summed E-state index contributed by atoms with van der Waals surface area (Å²) in [5.74, 6) is -0.435. The molecule has 6 heteroatoms. The van der Waals surface area contributed by atoms with Crippen LogP contribution in [0.1, 0.15) is 25.7 Å². The van der Waals surface area contributed by atoms with Gasteiger partial charge in [0.25, 0.3) is 11.8 Å². The van der Waals surface area contributed by atoms with Crippen molar-refractivity contribution in [2.24, 2.45) is 0 Å². The molecule has 6 nitrogen and oxygen atoms in total. The van der Waals surface area contributed by atoms with Crippen LogP contribution in [0.25, 0.3) is 0 Å². The van der Waals surface area contributed by atoms with Crippen LogP contribution < -0.4 is 10.6 Å². The van der Waals surface area contributed by atoms with Crippen molar-refractivity contribution in [1.82, 2.24) is 15.5 Å². The molecule has 0 radical (unpaired) electrons. The van der Waals surface area contributed by atoms with Crippen LogP contribution in [0.15, 0.2) is 0 Å². The van der Waals surface area contributed by atoms with Crippen molar-refractivity contribution in [2.45, 2.75) is 43.9 Å². The molecule has 3 aliphatic heterocycles. The number of hydrogen-bond donors (Lipinski definition) is 2. The summed E-state index contributed by atoms with van der Waals surface area (Å²) < 4.78 is 5.77. The van der Waals surface area contributed by atoms with Gasteiger partial charge in [0.2, 0.25) is 6.10 Å². The summed E-state index contributed by atoms with van der Waals surface area (Å²) in [6.45, 7) is 3.10. The summed E-state index contributed by atoms with van der Waals surface area (Å²) >= 11 is 0. The number of likely N-dealkylation sites (tertiary alicyclic amines) is 1. The van der Waals surface area contributed by atoms with Gasteiger partial charge in [-0.25, -0.2) is 0 Å². The molecule has 3 atom stereocenters. The lowest BCUT2D eigenvalue weighted by atomic mass is 10.00. The number of morpholine rings is 1. The van der Waals surface area contributed by atoms with Gasteiger partial charge in [-0.15, -0.1) is 0 Å². The zero-order valence-electron chi connectivity index (χ0n) is 11.1. The second-order valence-electron chi connectivity index (χ2n) is 5.55. The minimum absolute atomic E-state index is 0.00616. The quantitative estimate of drug-likeness (QED) is 0.613. The maximum atomic E-state index is 12.4. The predicted molar refractivity (Wildman–Crippen MR) is 68.5 cm³/mol. The molecule has 0 aromatic heterocycles. The van der Waals surface area contributed by atoms with E-state index in [1.807, 2.05) is 0 Å². The third-order valence-corrected chi connectivity index (χ3v) is 4.19. The van der Waals surface area contributed by atoms with Crippen molar-refractivity contribution < 1.29 is 14.3 Å². The second-order valence-corrected chi connectivity index (χ2v) is 5.55. The largest absolute Gasteiger partial charge is 0.353 e. The number of hydrogen-bond acceptors (Lipinski definition) is 4. The Hall–Kier alpha value is -1.14. The van der Waals surface area contributed by atoms with Crippen LogP contribution in [0.5, 0.6) is 0 Å². The lowest BCUT2D eigenvalue weighted by Gasteiger charge is -2.40. The van der Waals surface area contributed by atoms with Crippen molar-refractivity contribution in [3.63, 3.8) is 0 Å². The zero-order valence-corrected chi connectivity index (χ0v) is 11.1. The molecule has 19 heavy (non-hydrogen) atoms. The summed E-state index contributed by atoms with van der Waals surface area (Å²) in [4.78, 5) is 26.2. The Morgan fingerprint density at radius 2 is 2.05 bits per heavy atom. The van der Waals surface area contributed by atoms with Gasteiger partial charge in [-0.3, -0.25) is 9.59 Å². The van der Waals surface area contributed by atoms with Crippen LogP contribution in [0.2, 0.25) is 0 Å². The van der Waals surface area contributed by atoms with E-state index < -0.39 is 6.10 Å². The zero-order chi connectivity index (χ0) is 13.2. The second kappa shape index (κ2) is 5.46. The maximum absolute atomic E-state index is 12.4. The number of nitrogens with one attached hydrogen (secondary N) is 2. The van der Waals surface area contributed by atoms with E-state index >= 15 is 0 Å². The van der Waals surface area contributed by atoms with Gasteiger partial charge in [-0.05, 0) is 32.2 Å². The van der Waals surface area contributed by atoms with E-state index in [0.29, 0.717) is 0 Å². The average molecular weight is 267 g/mol. The molecule has 0 bridgehead atoms. The summed E-state index contributed by atoms with van der Waals surface area (Å²) in [6, 6.07) is 0.00616. The van der Waals surface area contributed by atoms with Crippen LogP contribution in [0.4, 0.5) is 0 Å². The average Bonchev–Trinajstić information content (AvgIpc) is 2.47. The normalized spacial score (nSPS) is 35.5. The SMILES string of the molecule is O=C1NC2CNCCC2OC1C(=O)N1CCCCC1. The van der Waals surface area contributed by atoms with Gasteiger partial charge < -0.3 is 20.3 Å². The Bertz CT molecular complexity index is 368. The fraction of sp³-hybridized carbons (Fsp3) is 0.846. The Morgan fingerprint density at radius 1 is 1.26 bits per heavy atom. The Morgan fingerprint density at radius 3 is 2.84 bits per heavy atom. The first kappa shape index (κ1) is 12.9. The molecule has 3 heterocycles. The van der Waals surface area contributed by atoms with E-state index in [4.69, 9.17) is 4.74 Å². The monoisotopic (exact) mass is 267 g/mol. The summed E-state index contributed by atoms with van der Waals surface area (Å²) in [7, 11) is 0. The first-order chi connectivity index (χ1) is 9.25. The molecule has 0 saturated carbocycles. The number of piperidine rings is 2. The van der Waals surface area contributed by atoms with E-state index in [1.165, 1.54) is 0 Å². The van der Waals surface area contributed by atoms with Crippen molar-refractivity contribution in [2.75, 3.05) is 26.2 Å². The third-order valence-electron chi connectivity index (χ3n) is 4.19. The molecule has 3 aliphatic rings. The van der Waals surface area contributed by atoms with Gasteiger partial charge in [-0.1, -0.05) is 0 Å². The number of carbonyl (C=O) groups is 2. The van der Waals surface area contributed by atoms with Gasteiger partial charge in [-0.2, -0.15) is 0 Å². The lowest BCUT2D eigenvalue weighted by molar-refractivity contribution is -0.167. The topological polar surface area (TPSA) is 70.7 Å². The number of nitrogens with zero attached hydrogens (tertiary/aromatic N) is 1. The summed E-state index contributed by atoms with van der Waals surface area (Å²) in [6.07, 6.45) is 3.09. The number of fused-ring (bicyclic) bond motifs is 1. The minimum atomic E-state index is -0.933. The predicted octanol–water partition coefficient (Wildman–Crippen LogP) is -0.756. The van der Waals surface area contributed by atoms with E-state index in [9.17, 15) is 9.59 Å². The molecule has 106 valence electrons. The molecular weight excluding hydrogens is 246 g/mol. The fourth-order valence-electron chi connectivity index (χ4n) is 3.09. The van der Waals surface area contributed by atoms with Gasteiger partial charge in [0, 0.05) is 19.6 Å². The first-order valence-electron chi connectivity index (χ1n) is 7.21. The molecule has 2 amide bonds. The van der Waals surface area contributed by atoms with Crippen LogP contribution >= 0.6 is 0 Å². The highest BCUT2D eigenvalue weighted by Crippen LogP contribution is 2.19. The highest BCUT2D eigenvalue weighted by Gasteiger charge is 2.42. The fourth-order valence-corrected chi connectivity index (χ4v) is 3.09. The van der Waals surface area contributed by atoms with Crippen molar-refractivity contribution in [3.05, 3.63) is 0 Å². The number of rotatable bonds is 1. The van der Waals surface area contributed by atoms with Gasteiger partial charge in [0.1, 0.15) is 0 Å². The summed E-state index contributed by atoms with van der Waals surface area (Å²) in [5.41, 5.74) is 0. The Balaban J connectivity index is 1.66. The molecule has 3 fully saturated rings. The van der Waals surface area contributed by atoms with E-state index in [1.54, 1.807) is 4.90 Å². The maximum Gasteiger partial charge on any atom is 0.261 e. The van der Waals surface area contributed by atoms with E-state index in [-0.39, 0.29) is 24.0 Å². The molecule has 3 unspecified atom stereocenters. The van der Waals surface area contributed by atoms with Crippen molar-refractivity contribution in [3.8, 4) is 0 Å². The van der Waals surface area contributed by atoms with Gasteiger partial charge in [0.15, 0.2) is 0 Å². The minimum Gasteiger partial charge on any atom is -0.353 e. The summed E-state index contributed by atoms with van der Waals surface area (Å²) in [5, 5.41) is 6.14. The Kier molecular flexibility index (Phi) is 3.70. The van der Waals surface area contributed by atoms with Crippen LogP contribution in [0, 0.1) is 0 Å². The molecule has 0 aliphatic carbocycles. The number of carbonyl (C=O) groups excluding carboxylic acids is 2. The molecule has 0 aromatic rings. The highest BCUT2D eigenvalue weighted by molar-refractivity contribution is 6.03. The van der Waals surface area contributed by atoms with Crippen molar-refractivity contribution >= 4 is 11.8 Å². The molecule has 3 saturated heterocycles. The smallest absolute Gasteiger partial charge is 0.261 e. The van der Waals surface area contributed by atoms with Gasteiger partial charge >= 0.3 is 0 Å². The standard InChI is InChI=1S/C13H21N3O3/c17-12-11(13(18)16-6-2-1-3-7-16)19-10-4-5-14-8-9(10)15-12/h9-11,14H,1-8H2,(H,15,17). The van der Waals surface area contributed by atoms with Crippen LogP contribution in [0.3, 0.4) is 0 Å². The first-order valence-corrected chi connectivity index (χ1v) is 7.21. The van der Waals surface area contributed by atoms with E-state index in [2.05, 4.69) is 10.6 Å². The third kappa shape index (κ3) is 2.60. The number of ether oxygens (including phenoxy) is 1. The van der Waals surface area contributed by atoms with Crippen LogP contribution in [-0.4, -0.2) is 61.1 Å². The van der Waals surface area contributed by atoms with Crippen LogP contribution in [-0.2, 0) is 14.3 Å². The Labute approximate surface area is 112 Å². The number of amides is 2. The molecule has 0 spiro atoms. The molecule has 3 rings (SSSR count). The van der Waals surface area contributed by atoms with Crippen molar-refractivity contribution in [1.29, 1.82) is 0 Å². The molecular formula is C13H21N3O3. The van der Waals surface area contributed by atoms with Gasteiger partial charge in [0.05, 0.1) is 12.1 Å². The molecule has 2 N–H and O–H groups in total. The van der Waals surface area contributed by atoms with E-state index in [0.717, 1.165) is 51.9 Å². The lowest BCUT2D eigenvalue weighted by Crippen LogP contribution is -2.65. The highest BCUT2D eigenvalue weighted by atomic mass is 16.5. The molecule has 0 aromatic carbocycles.